The number of hydrogen-bond donors (Lipinski definition) is 2. The SMILES string of the molecule is Cc1cc(F)ccc1[C@H]1[C@H](CN)CCN1C(=O)O. The molecular weight excluding hydrogens is 235 g/mol. The summed E-state index contributed by atoms with van der Waals surface area (Å²) in [7, 11) is 0. The van der Waals surface area contributed by atoms with Crippen LogP contribution in [-0.2, 0) is 0 Å². The number of aryl methyl sites for hydroxylation is 1. The van der Waals surface area contributed by atoms with Crippen molar-refractivity contribution in [3.05, 3.63) is 35.1 Å². The third-order valence-electron chi connectivity index (χ3n) is 3.62. The maximum Gasteiger partial charge on any atom is 0.407 e. The number of rotatable bonds is 2. The lowest BCUT2D eigenvalue weighted by molar-refractivity contribution is 0.135. The third kappa shape index (κ3) is 2.18. The summed E-state index contributed by atoms with van der Waals surface area (Å²) in [5, 5.41) is 9.21. The lowest BCUT2D eigenvalue weighted by Crippen LogP contribution is -2.32. The molecule has 4 nitrogen and oxygen atoms in total. The molecule has 1 fully saturated rings. The van der Waals surface area contributed by atoms with Gasteiger partial charge in [-0.2, -0.15) is 0 Å². The van der Waals surface area contributed by atoms with E-state index in [0.29, 0.717) is 13.1 Å². The predicted octanol–water partition coefficient (Wildman–Crippen LogP) is 2.13. The predicted molar refractivity (Wildman–Crippen MR) is 65.8 cm³/mol. The highest BCUT2D eigenvalue weighted by molar-refractivity contribution is 5.66. The summed E-state index contributed by atoms with van der Waals surface area (Å²) in [6, 6.07) is 4.21. The molecule has 3 N–H and O–H groups in total. The maximum atomic E-state index is 13.1. The van der Waals surface area contributed by atoms with E-state index in [1.807, 2.05) is 0 Å². The summed E-state index contributed by atoms with van der Waals surface area (Å²) >= 11 is 0. The van der Waals surface area contributed by atoms with Gasteiger partial charge in [0, 0.05) is 6.54 Å². The second-order valence-electron chi connectivity index (χ2n) is 4.71. The number of likely N-dealkylation sites (tertiary alicyclic amines) is 1. The van der Waals surface area contributed by atoms with Gasteiger partial charge >= 0.3 is 6.09 Å². The number of hydrogen-bond acceptors (Lipinski definition) is 2. The summed E-state index contributed by atoms with van der Waals surface area (Å²) in [6.45, 7) is 2.72. The van der Waals surface area contributed by atoms with Crippen LogP contribution in [0.3, 0.4) is 0 Å². The second kappa shape index (κ2) is 4.94. The molecule has 1 aromatic rings. The zero-order valence-corrected chi connectivity index (χ0v) is 10.3. The van der Waals surface area contributed by atoms with Gasteiger partial charge in [0.05, 0.1) is 6.04 Å². The van der Waals surface area contributed by atoms with E-state index in [2.05, 4.69) is 0 Å². The number of carbonyl (C=O) groups is 1. The number of nitrogens with zero attached hydrogens (tertiary/aromatic N) is 1. The molecule has 2 rings (SSSR count). The smallest absolute Gasteiger partial charge is 0.407 e. The molecule has 18 heavy (non-hydrogen) atoms. The molecular formula is C13H17FN2O2. The van der Waals surface area contributed by atoms with Gasteiger partial charge in [-0.1, -0.05) is 6.07 Å². The van der Waals surface area contributed by atoms with E-state index in [-0.39, 0.29) is 17.8 Å². The van der Waals surface area contributed by atoms with E-state index in [0.717, 1.165) is 17.5 Å². The van der Waals surface area contributed by atoms with Crippen LogP contribution in [0.2, 0.25) is 0 Å². The summed E-state index contributed by atoms with van der Waals surface area (Å²) in [5.74, 6) is -0.203. The van der Waals surface area contributed by atoms with Crippen LogP contribution in [0.5, 0.6) is 0 Å². The Morgan fingerprint density at radius 3 is 2.89 bits per heavy atom. The van der Waals surface area contributed by atoms with Crippen LogP contribution in [0.15, 0.2) is 18.2 Å². The maximum absolute atomic E-state index is 13.1. The molecule has 1 aliphatic heterocycles. The van der Waals surface area contributed by atoms with Gasteiger partial charge in [-0.15, -0.1) is 0 Å². The van der Waals surface area contributed by atoms with Crippen LogP contribution in [0, 0.1) is 18.7 Å². The first-order chi connectivity index (χ1) is 8.54. The molecule has 0 bridgehead atoms. The van der Waals surface area contributed by atoms with Gasteiger partial charge in [0.15, 0.2) is 0 Å². The van der Waals surface area contributed by atoms with Crippen molar-refractivity contribution in [1.82, 2.24) is 4.90 Å². The van der Waals surface area contributed by atoms with Gasteiger partial charge in [0.1, 0.15) is 5.82 Å². The minimum Gasteiger partial charge on any atom is -0.465 e. The minimum atomic E-state index is -0.945. The molecule has 0 aliphatic carbocycles. The summed E-state index contributed by atoms with van der Waals surface area (Å²) < 4.78 is 13.1. The van der Waals surface area contributed by atoms with E-state index < -0.39 is 6.09 Å². The highest BCUT2D eigenvalue weighted by Crippen LogP contribution is 2.38. The molecule has 0 saturated carbocycles. The van der Waals surface area contributed by atoms with Crippen molar-refractivity contribution < 1.29 is 14.3 Å². The van der Waals surface area contributed by atoms with Crippen LogP contribution in [0.25, 0.3) is 0 Å². The van der Waals surface area contributed by atoms with Crippen molar-refractivity contribution in [2.75, 3.05) is 13.1 Å². The van der Waals surface area contributed by atoms with Crippen LogP contribution >= 0.6 is 0 Å². The Morgan fingerprint density at radius 1 is 1.61 bits per heavy atom. The van der Waals surface area contributed by atoms with Crippen molar-refractivity contribution in [2.45, 2.75) is 19.4 Å². The van der Waals surface area contributed by atoms with E-state index in [1.165, 1.54) is 17.0 Å². The second-order valence-corrected chi connectivity index (χ2v) is 4.71. The number of halogens is 1. The largest absolute Gasteiger partial charge is 0.465 e. The fourth-order valence-corrected chi connectivity index (χ4v) is 2.71. The fraction of sp³-hybridized carbons (Fsp3) is 0.462. The first-order valence-corrected chi connectivity index (χ1v) is 6.00. The minimum absolute atomic E-state index is 0.102. The highest BCUT2D eigenvalue weighted by atomic mass is 19.1. The average Bonchev–Trinajstić information content (AvgIpc) is 2.72. The quantitative estimate of drug-likeness (QED) is 0.847. The van der Waals surface area contributed by atoms with Crippen molar-refractivity contribution in [3.63, 3.8) is 0 Å². The van der Waals surface area contributed by atoms with E-state index in [4.69, 9.17) is 5.73 Å². The fourth-order valence-electron chi connectivity index (χ4n) is 2.71. The monoisotopic (exact) mass is 252 g/mol. The Hall–Kier alpha value is -1.62. The van der Waals surface area contributed by atoms with Gasteiger partial charge in [-0.05, 0) is 49.1 Å². The molecule has 1 aliphatic rings. The molecule has 0 unspecified atom stereocenters. The van der Waals surface area contributed by atoms with Gasteiger partial charge < -0.3 is 15.7 Å². The first kappa shape index (κ1) is 12.8. The van der Waals surface area contributed by atoms with Gasteiger partial charge in [0.25, 0.3) is 0 Å². The average molecular weight is 252 g/mol. The Morgan fingerprint density at radius 2 is 2.33 bits per heavy atom. The first-order valence-electron chi connectivity index (χ1n) is 6.00. The number of benzene rings is 1. The Kier molecular flexibility index (Phi) is 3.52. The molecule has 0 radical (unpaired) electrons. The molecule has 1 amide bonds. The van der Waals surface area contributed by atoms with Crippen molar-refractivity contribution in [3.8, 4) is 0 Å². The van der Waals surface area contributed by atoms with Gasteiger partial charge in [-0.3, -0.25) is 0 Å². The van der Waals surface area contributed by atoms with Gasteiger partial charge in [-0.25, -0.2) is 9.18 Å². The molecule has 0 spiro atoms. The Bertz CT molecular complexity index is 464. The Balaban J connectivity index is 2.40. The summed E-state index contributed by atoms with van der Waals surface area (Å²) in [4.78, 5) is 12.6. The molecule has 1 aromatic carbocycles. The van der Waals surface area contributed by atoms with Crippen LogP contribution in [0.4, 0.5) is 9.18 Å². The number of nitrogens with two attached hydrogens (primary N) is 1. The molecule has 2 atom stereocenters. The lowest BCUT2D eigenvalue weighted by atomic mass is 9.91. The lowest BCUT2D eigenvalue weighted by Gasteiger charge is -2.27. The molecule has 1 heterocycles. The molecule has 1 saturated heterocycles. The van der Waals surface area contributed by atoms with Crippen molar-refractivity contribution in [1.29, 1.82) is 0 Å². The zero-order valence-electron chi connectivity index (χ0n) is 10.3. The van der Waals surface area contributed by atoms with Crippen molar-refractivity contribution in [2.24, 2.45) is 11.7 Å². The molecule has 0 aromatic heterocycles. The van der Waals surface area contributed by atoms with Crippen LogP contribution < -0.4 is 5.73 Å². The number of amides is 1. The van der Waals surface area contributed by atoms with Gasteiger partial charge in [0.2, 0.25) is 0 Å². The topological polar surface area (TPSA) is 66.6 Å². The summed E-state index contributed by atoms with van der Waals surface area (Å²) in [6.07, 6.45) is -0.190. The summed E-state index contributed by atoms with van der Waals surface area (Å²) in [5.41, 5.74) is 7.33. The van der Waals surface area contributed by atoms with Crippen LogP contribution in [-0.4, -0.2) is 29.2 Å². The van der Waals surface area contributed by atoms with E-state index >= 15 is 0 Å². The standard InChI is InChI=1S/C13H17FN2O2/c1-8-6-10(14)2-3-11(8)12-9(7-15)4-5-16(12)13(17)18/h2-3,6,9,12H,4-5,7,15H2,1H3,(H,17,18)/t9-,12+/m0/s1. The van der Waals surface area contributed by atoms with E-state index in [1.54, 1.807) is 13.0 Å². The Labute approximate surface area is 105 Å². The number of carboxylic acid groups (broad SMARTS) is 1. The van der Waals surface area contributed by atoms with Crippen LogP contribution in [0.1, 0.15) is 23.6 Å². The molecule has 5 heteroatoms. The van der Waals surface area contributed by atoms with Crippen molar-refractivity contribution >= 4 is 6.09 Å². The highest BCUT2D eigenvalue weighted by Gasteiger charge is 2.37. The molecule has 98 valence electrons. The normalized spacial score (nSPS) is 23.4. The van der Waals surface area contributed by atoms with E-state index in [9.17, 15) is 14.3 Å². The third-order valence-corrected chi connectivity index (χ3v) is 3.62. The zero-order chi connectivity index (χ0) is 13.3.